The number of nitrogens with one attached hydrogen (secondary N) is 1. The minimum Gasteiger partial charge on any atom is -0.422 e. The molecule has 4 aromatic rings. The summed E-state index contributed by atoms with van der Waals surface area (Å²) in [5.41, 5.74) is 1.86. The lowest BCUT2D eigenvalue weighted by Crippen LogP contribution is -2.30. The van der Waals surface area contributed by atoms with Crippen molar-refractivity contribution in [1.82, 2.24) is 14.9 Å². The second kappa shape index (κ2) is 7.31. The van der Waals surface area contributed by atoms with E-state index in [1.165, 1.54) is 0 Å². The number of carbonyl (C=O) groups is 1. The van der Waals surface area contributed by atoms with E-state index < -0.39 is 11.5 Å². The molecule has 1 amide bonds. The Balaban J connectivity index is 1.52. The second-order valence-corrected chi connectivity index (χ2v) is 6.97. The van der Waals surface area contributed by atoms with Gasteiger partial charge in [0.15, 0.2) is 0 Å². The predicted octanol–water partition coefficient (Wildman–Crippen LogP) is 3.70. The molecule has 0 fully saturated rings. The van der Waals surface area contributed by atoms with Gasteiger partial charge in [-0.25, -0.2) is 9.78 Å². The Morgan fingerprint density at radius 1 is 1.14 bits per heavy atom. The van der Waals surface area contributed by atoms with Gasteiger partial charge in [-0.1, -0.05) is 30.3 Å². The highest BCUT2D eigenvalue weighted by atomic mass is 16.4. The molecule has 0 saturated heterocycles. The van der Waals surface area contributed by atoms with Crippen molar-refractivity contribution in [3.63, 3.8) is 0 Å². The third-order valence-electron chi connectivity index (χ3n) is 4.71. The molecular weight excluding hydrogens is 354 g/mol. The molecule has 0 aliphatic carbocycles. The number of carbonyl (C=O) groups excluding carboxylic acids is 1. The number of amides is 1. The number of benzene rings is 2. The lowest BCUT2D eigenvalue weighted by molar-refractivity contribution is 0.0950. The van der Waals surface area contributed by atoms with E-state index in [0.29, 0.717) is 23.9 Å². The molecule has 0 atom stereocenters. The van der Waals surface area contributed by atoms with Crippen molar-refractivity contribution in [2.24, 2.45) is 0 Å². The number of imidazole rings is 1. The predicted molar refractivity (Wildman–Crippen MR) is 109 cm³/mol. The topological polar surface area (TPSA) is 77.1 Å². The van der Waals surface area contributed by atoms with Crippen LogP contribution in [0.5, 0.6) is 0 Å². The Labute approximate surface area is 161 Å². The number of nitrogens with zero attached hydrogens (tertiary/aromatic N) is 2. The fourth-order valence-corrected chi connectivity index (χ4v) is 3.45. The molecule has 0 radical (unpaired) electrons. The maximum Gasteiger partial charge on any atom is 0.349 e. The van der Waals surface area contributed by atoms with Gasteiger partial charge in [0.1, 0.15) is 17.0 Å². The van der Waals surface area contributed by atoms with Crippen LogP contribution < -0.4 is 10.9 Å². The summed E-state index contributed by atoms with van der Waals surface area (Å²) in [5, 5.41) is 3.53. The zero-order valence-corrected chi connectivity index (χ0v) is 15.8. The van der Waals surface area contributed by atoms with Crippen molar-refractivity contribution in [2.45, 2.75) is 26.3 Å². The third kappa shape index (κ3) is 3.29. The Hall–Kier alpha value is -3.41. The van der Waals surface area contributed by atoms with Gasteiger partial charge in [0.25, 0.3) is 5.91 Å². The number of para-hydroxylation sites is 3. The molecule has 0 unspecified atom stereocenters. The van der Waals surface area contributed by atoms with Crippen molar-refractivity contribution < 1.29 is 9.21 Å². The van der Waals surface area contributed by atoms with E-state index in [4.69, 9.17) is 9.40 Å². The number of rotatable bonds is 5. The van der Waals surface area contributed by atoms with Crippen molar-refractivity contribution >= 4 is 27.9 Å². The van der Waals surface area contributed by atoms with Crippen LogP contribution in [-0.4, -0.2) is 22.0 Å². The van der Waals surface area contributed by atoms with Gasteiger partial charge in [-0.2, -0.15) is 0 Å². The summed E-state index contributed by atoms with van der Waals surface area (Å²) in [6.07, 6.45) is 0.567. The average molecular weight is 375 g/mol. The molecule has 28 heavy (non-hydrogen) atoms. The highest BCUT2D eigenvalue weighted by Gasteiger charge is 2.15. The van der Waals surface area contributed by atoms with E-state index in [1.807, 2.05) is 30.3 Å². The van der Waals surface area contributed by atoms with E-state index in [-0.39, 0.29) is 11.6 Å². The standard InChI is InChI=1S/C22H21N3O3/c1-14(2)25-18-9-5-4-8-17(18)24-20(25)11-12-23-21(26)16-13-15-7-3-6-10-19(15)28-22(16)27/h3-10,13-14H,11-12H2,1-2H3,(H,23,26). The summed E-state index contributed by atoms with van der Waals surface area (Å²) in [4.78, 5) is 29.3. The first-order valence-electron chi connectivity index (χ1n) is 9.31. The van der Waals surface area contributed by atoms with Crippen LogP contribution in [0.2, 0.25) is 0 Å². The Morgan fingerprint density at radius 3 is 2.71 bits per heavy atom. The average Bonchev–Trinajstić information content (AvgIpc) is 3.05. The lowest BCUT2D eigenvalue weighted by Gasteiger charge is -2.13. The zero-order chi connectivity index (χ0) is 19.7. The van der Waals surface area contributed by atoms with E-state index in [9.17, 15) is 9.59 Å². The molecule has 0 aliphatic rings. The summed E-state index contributed by atoms with van der Waals surface area (Å²) in [5.74, 6) is 0.466. The molecule has 4 rings (SSSR count). The summed E-state index contributed by atoms with van der Waals surface area (Å²) in [6, 6.07) is 16.9. The quantitative estimate of drug-likeness (QED) is 0.540. The molecule has 0 saturated carbocycles. The van der Waals surface area contributed by atoms with Crippen molar-refractivity contribution in [3.8, 4) is 0 Å². The van der Waals surface area contributed by atoms with Gasteiger partial charge < -0.3 is 14.3 Å². The van der Waals surface area contributed by atoms with E-state index >= 15 is 0 Å². The molecule has 2 heterocycles. The fourth-order valence-electron chi connectivity index (χ4n) is 3.45. The monoisotopic (exact) mass is 375 g/mol. The minimum absolute atomic E-state index is 0.0102. The fraction of sp³-hybridized carbons (Fsp3) is 0.227. The van der Waals surface area contributed by atoms with E-state index in [2.05, 4.69) is 23.7 Å². The summed E-state index contributed by atoms with van der Waals surface area (Å²) >= 11 is 0. The summed E-state index contributed by atoms with van der Waals surface area (Å²) in [7, 11) is 0. The van der Waals surface area contributed by atoms with Crippen LogP contribution in [0, 0.1) is 0 Å². The molecule has 0 spiro atoms. The highest BCUT2D eigenvalue weighted by molar-refractivity contribution is 5.96. The first-order chi connectivity index (χ1) is 13.5. The number of aromatic nitrogens is 2. The first kappa shape index (κ1) is 18.0. The molecule has 0 bridgehead atoms. The van der Waals surface area contributed by atoms with Crippen LogP contribution in [0.3, 0.4) is 0 Å². The van der Waals surface area contributed by atoms with Crippen LogP contribution in [0.4, 0.5) is 0 Å². The van der Waals surface area contributed by atoms with Crippen molar-refractivity contribution in [2.75, 3.05) is 6.54 Å². The smallest absolute Gasteiger partial charge is 0.349 e. The van der Waals surface area contributed by atoms with Crippen LogP contribution in [-0.2, 0) is 6.42 Å². The molecular formula is C22H21N3O3. The zero-order valence-electron chi connectivity index (χ0n) is 15.8. The first-order valence-corrected chi connectivity index (χ1v) is 9.31. The Bertz CT molecular complexity index is 1220. The summed E-state index contributed by atoms with van der Waals surface area (Å²) in [6.45, 7) is 4.59. The number of fused-ring (bicyclic) bond motifs is 2. The van der Waals surface area contributed by atoms with E-state index in [0.717, 1.165) is 16.9 Å². The van der Waals surface area contributed by atoms with E-state index in [1.54, 1.807) is 24.3 Å². The lowest BCUT2D eigenvalue weighted by atomic mass is 10.2. The molecule has 1 N–H and O–H groups in total. The molecule has 6 nitrogen and oxygen atoms in total. The third-order valence-corrected chi connectivity index (χ3v) is 4.71. The minimum atomic E-state index is -0.634. The van der Waals surface area contributed by atoms with Gasteiger partial charge in [0.05, 0.1) is 11.0 Å². The van der Waals surface area contributed by atoms with Crippen LogP contribution >= 0.6 is 0 Å². The molecule has 2 aromatic heterocycles. The SMILES string of the molecule is CC(C)n1c(CCNC(=O)c2cc3ccccc3oc2=O)nc2ccccc21. The van der Waals surface area contributed by atoms with Gasteiger partial charge in [0.2, 0.25) is 0 Å². The maximum atomic E-state index is 12.5. The van der Waals surface area contributed by atoms with Gasteiger partial charge >= 0.3 is 5.63 Å². The van der Waals surface area contributed by atoms with Gasteiger partial charge in [-0.3, -0.25) is 4.79 Å². The molecule has 142 valence electrons. The van der Waals surface area contributed by atoms with Crippen LogP contribution in [0.15, 0.2) is 63.8 Å². The van der Waals surface area contributed by atoms with Crippen LogP contribution in [0.1, 0.15) is 36.1 Å². The normalized spacial score (nSPS) is 11.4. The molecule has 6 heteroatoms. The van der Waals surface area contributed by atoms with Crippen molar-refractivity contribution in [1.29, 1.82) is 0 Å². The van der Waals surface area contributed by atoms with Gasteiger partial charge in [-0.15, -0.1) is 0 Å². The highest BCUT2D eigenvalue weighted by Crippen LogP contribution is 2.21. The Morgan fingerprint density at radius 2 is 1.89 bits per heavy atom. The summed E-state index contributed by atoms with van der Waals surface area (Å²) < 4.78 is 7.41. The molecule has 2 aromatic carbocycles. The van der Waals surface area contributed by atoms with Gasteiger partial charge in [-0.05, 0) is 38.1 Å². The van der Waals surface area contributed by atoms with Gasteiger partial charge in [0, 0.05) is 24.4 Å². The second-order valence-electron chi connectivity index (χ2n) is 6.97. The number of hydrogen-bond donors (Lipinski definition) is 1. The largest absolute Gasteiger partial charge is 0.422 e. The van der Waals surface area contributed by atoms with Crippen molar-refractivity contribution in [3.05, 3.63) is 76.4 Å². The van der Waals surface area contributed by atoms with Crippen LogP contribution in [0.25, 0.3) is 22.0 Å². The molecule has 0 aliphatic heterocycles. The maximum absolute atomic E-state index is 12.5. The number of hydrogen-bond acceptors (Lipinski definition) is 4. The Kier molecular flexibility index (Phi) is 4.69.